The highest BCUT2D eigenvalue weighted by molar-refractivity contribution is 6.03. The first-order chi connectivity index (χ1) is 12.7. The molecule has 1 aliphatic heterocycles. The van der Waals surface area contributed by atoms with Gasteiger partial charge in [-0.15, -0.1) is 0 Å². The van der Waals surface area contributed by atoms with E-state index < -0.39 is 0 Å². The molecule has 0 aliphatic carbocycles. The summed E-state index contributed by atoms with van der Waals surface area (Å²) in [5.41, 5.74) is 15.1. The van der Waals surface area contributed by atoms with Crippen molar-refractivity contribution in [3.8, 4) is 16.9 Å². The molecular weight excluding hydrogens is 332 g/mol. The molecule has 1 fully saturated rings. The van der Waals surface area contributed by atoms with Crippen LogP contribution in [0.3, 0.4) is 0 Å². The fourth-order valence-corrected chi connectivity index (χ4v) is 3.18. The van der Waals surface area contributed by atoms with Gasteiger partial charge in [-0.05, 0) is 35.4 Å². The molecule has 0 radical (unpaired) electrons. The van der Waals surface area contributed by atoms with E-state index in [9.17, 15) is 0 Å². The Morgan fingerprint density at radius 3 is 2.58 bits per heavy atom. The molecule has 0 amide bonds. The second-order valence-corrected chi connectivity index (χ2v) is 6.31. The molecule has 3 aromatic rings. The maximum absolute atomic E-state index is 6.05. The van der Waals surface area contributed by atoms with Crippen molar-refractivity contribution in [2.24, 2.45) is 0 Å². The average Bonchev–Trinajstić information content (AvgIpc) is 3.06. The molecule has 0 saturated carbocycles. The zero-order valence-corrected chi connectivity index (χ0v) is 14.5. The molecule has 4 N–H and O–H groups in total. The van der Waals surface area contributed by atoms with E-state index in [1.54, 1.807) is 0 Å². The number of nitrogens with two attached hydrogens (primary N) is 2. The minimum atomic E-state index is 0.352. The number of morpholine rings is 1. The number of benzene rings is 2. The smallest absolute Gasteiger partial charge is 0.211 e. The van der Waals surface area contributed by atoms with Crippen LogP contribution >= 0.6 is 0 Å². The summed E-state index contributed by atoms with van der Waals surface area (Å²) in [6.07, 6.45) is 0. The number of nitrogen functional groups attached to an aromatic ring is 2. The molecule has 7 nitrogen and oxygen atoms in total. The van der Waals surface area contributed by atoms with E-state index in [-0.39, 0.29) is 0 Å². The summed E-state index contributed by atoms with van der Waals surface area (Å²) >= 11 is 0. The Hall–Kier alpha value is -2.77. The van der Waals surface area contributed by atoms with Crippen molar-refractivity contribution in [2.45, 2.75) is 0 Å². The van der Waals surface area contributed by atoms with Gasteiger partial charge >= 0.3 is 0 Å². The van der Waals surface area contributed by atoms with Gasteiger partial charge in [0.25, 0.3) is 0 Å². The zero-order chi connectivity index (χ0) is 17.9. The molecule has 0 atom stereocenters. The van der Waals surface area contributed by atoms with Crippen molar-refractivity contribution in [3.63, 3.8) is 0 Å². The minimum absolute atomic E-state index is 0.352. The SMILES string of the molecule is Nc1ccc(-c2ccc(OCCN3CCOCC3)c3onc(N)c23)cc1. The third kappa shape index (κ3) is 3.31. The lowest BCUT2D eigenvalue weighted by atomic mass is 10.0. The van der Waals surface area contributed by atoms with Crippen LogP contribution in [-0.4, -0.2) is 49.5 Å². The van der Waals surface area contributed by atoms with Gasteiger partial charge in [0.05, 0.1) is 18.6 Å². The molecule has 7 heteroatoms. The molecule has 26 heavy (non-hydrogen) atoms. The molecule has 0 unspecified atom stereocenters. The number of rotatable bonds is 5. The van der Waals surface area contributed by atoms with E-state index >= 15 is 0 Å². The van der Waals surface area contributed by atoms with Crippen LogP contribution < -0.4 is 16.2 Å². The molecule has 4 rings (SSSR count). The van der Waals surface area contributed by atoms with Crippen LogP contribution in [-0.2, 0) is 4.74 Å². The Morgan fingerprint density at radius 1 is 1.04 bits per heavy atom. The van der Waals surface area contributed by atoms with Gasteiger partial charge in [-0.3, -0.25) is 4.90 Å². The van der Waals surface area contributed by atoms with Gasteiger partial charge < -0.3 is 25.5 Å². The lowest BCUT2D eigenvalue weighted by Gasteiger charge is -2.26. The van der Waals surface area contributed by atoms with E-state index in [1.165, 1.54) is 0 Å². The highest BCUT2D eigenvalue weighted by atomic mass is 16.5. The lowest BCUT2D eigenvalue weighted by molar-refractivity contribution is 0.0322. The maximum Gasteiger partial charge on any atom is 0.211 e. The second kappa shape index (κ2) is 7.23. The summed E-state index contributed by atoms with van der Waals surface area (Å²) in [7, 11) is 0. The van der Waals surface area contributed by atoms with Gasteiger partial charge in [-0.25, -0.2) is 0 Å². The monoisotopic (exact) mass is 354 g/mol. The highest BCUT2D eigenvalue weighted by Crippen LogP contribution is 2.38. The van der Waals surface area contributed by atoms with Crippen LogP contribution in [0.25, 0.3) is 22.1 Å². The first kappa shape index (κ1) is 16.7. The minimum Gasteiger partial charge on any atom is -0.488 e. The second-order valence-electron chi connectivity index (χ2n) is 6.31. The Balaban J connectivity index is 1.57. The van der Waals surface area contributed by atoms with Crippen LogP contribution in [0, 0.1) is 0 Å². The van der Waals surface area contributed by atoms with Crippen LogP contribution in [0.15, 0.2) is 40.9 Å². The van der Waals surface area contributed by atoms with E-state index in [2.05, 4.69) is 10.1 Å². The Kier molecular flexibility index (Phi) is 4.64. The zero-order valence-electron chi connectivity index (χ0n) is 14.5. The fraction of sp³-hybridized carbons (Fsp3) is 0.316. The van der Waals surface area contributed by atoms with Gasteiger partial charge in [0.15, 0.2) is 11.6 Å². The third-order valence-corrected chi connectivity index (χ3v) is 4.60. The fourth-order valence-electron chi connectivity index (χ4n) is 3.18. The largest absolute Gasteiger partial charge is 0.488 e. The number of aromatic nitrogens is 1. The molecular formula is C19H22N4O3. The number of nitrogens with zero attached hydrogens (tertiary/aromatic N) is 2. The van der Waals surface area contributed by atoms with Crippen molar-refractivity contribution in [2.75, 3.05) is 50.9 Å². The Bertz CT molecular complexity index is 886. The first-order valence-electron chi connectivity index (χ1n) is 8.69. The molecule has 0 spiro atoms. The van der Waals surface area contributed by atoms with Crippen LogP contribution in [0.2, 0.25) is 0 Å². The topological polar surface area (TPSA) is 99.8 Å². The van der Waals surface area contributed by atoms with Crippen molar-refractivity contribution in [1.29, 1.82) is 0 Å². The Morgan fingerprint density at radius 2 is 1.81 bits per heavy atom. The molecule has 1 aliphatic rings. The average molecular weight is 354 g/mol. The van der Waals surface area contributed by atoms with Gasteiger partial charge in [-0.1, -0.05) is 17.3 Å². The maximum atomic E-state index is 6.05. The summed E-state index contributed by atoms with van der Waals surface area (Å²) in [5.74, 6) is 1.00. The summed E-state index contributed by atoms with van der Waals surface area (Å²) < 4.78 is 16.8. The van der Waals surface area contributed by atoms with E-state index in [0.29, 0.717) is 29.4 Å². The van der Waals surface area contributed by atoms with Gasteiger partial charge in [-0.2, -0.15) is 0 Å². The molecule has 136 valence electrons. The summed E-state index contributed by atoms with van der Waals surface area (Å²) in [6, 6.07) is 11.5. The normalized spacial score (nSPS) is 15.4. The first-order valence-corrected chi connectivity index (χ1v) is 8.69. The number of anilines is 2. The van der Waals surface area contributed by atoms with Gasteiger partial charge in [0.2, 0.25) is 5.58 Å². The van der Waals surface area contributed by atoms with Crippen molar-refractivity contribution in [3.05, 3.63) is 36.4 Å². The van der Waals surface area contributed by atoms with E-state index in [1.807, 2.05) is 36.4 Å². The van der Waals surface area contributed by atoms with Crippen molar-refractivity contribution >= 4 is 22.5 Å². The predicted octanol–water partition coefficient (Wildman–Crippen LogP) is 2.37. The third-order valence-electron chi connectivity index (χ3n) is 4.60. The molecule has 2 aromatic carbocycles. The molecule has 2 heterocycles. The molecule has 0 bridgehead atoms. The van der Waals surface area contributed by atoms with Gasteiger partial charge in [0.1, 0.15) is 6.61 Å². The number of hydrogen-bond donors (Lipinski definition) is 2. The van der Waals surface area contributed by atoms with Crippen molar-refractivity contribution < 1.29 is 14.0 Å². The summed E-state index contributed by atoms with van der Waals surface area (Å²) in [5, 5.41) is 4.69. The van der Waals surface area contributed by atoms with E-state index in [0.717, 1.165) is 49.4 Å². The number of hydrogen-bond acceptors (Lipinski definition) is 7. The summed E-state index contributed by atoms with van der Waals surface area (Å²) in [4.78, 5) is 2.32. The molecule has 1 saturated heterocycles. The van der Waals surface area contributed by atoms with Gasteiger partial charge in [0, 0.05) is 25.3 Å². The Labute approximate surface area is 151 Å². The number of fused-ring (bicyclic) bond motifs is 1. The predicted molar refractivity (Wildman–Crippen MR) is 101 cm³/mol. The van der Waals surface area contributed by atoms with E-state index in [4.69, 9.17) is 25.5 Å². The quantitative estimate of drug-likeness (QED) is 0.679. The van der Waals surface area contributed by atoms with Crippen LogP contribution in [0.4, 0.5) is 11.5 Å². The number of ether oxygens (including phenoxy) is 2. The lowest BCUT2D eigenvalue weighted by Crippen LogP contribution is -2.38. The van der Waals surface area contributed by atoms with Crippen molar-refractivity contribution in [1.82, 2.24) is 10.1 Å². The van der Waals surface area contributed by atoms with Crippen LogP contribution in [0.1, 0.15) is 0 Å². The molecule has 1 aromatic heterocycles. The standard InChI is InChI=1S/C19H22N4O3/c20-14-3-1-13(2-4-14)15-5-6-16(18-17(15)19(21)22-26-18)25-12-9-23-7-10-24-11-8-23/h1-6H,7-12,20H2,(H2,21,22). The van der Waals surface area contributed by atoms with Crippen LogP contribution in [0.5, 0.6) is 5.75 Å². The summed E-state index contributed by atoms with van der Waals surface area (Å²) in [6.45, 7) is 4.83. The highest BCUT2D eigenvalue weighted by Gasteiger charge is 2.17.